The molecule has 0 atom stereocenters. The highest BCUT2D eigenvalue weighted by molar-refractivity contribution is 7.92. The van der Waals surface area contributed by atoms with E-state index in [0.29, 0.717) is 5.69 Å². The van der Waals surface area contributed by atoms with Crippen LogP contribution in [0.15, 0.2) is 77.7 Å². The number of carbonyl (C=O) groups excluding carboxylic acids is 1. The average molecular weight is 447 g/mol. The van der Waals surface area contributed by atoms with E-state index >= 15 is 0 Å². The third-order valence-electron chi connectivity index (χ3n) is 4.63. The third-order valence-corrected chi connectivity index (χ3v) is 6.75. The van der Waals surface area contributed by atoms with E-state index in [0.717, 1.165) is 9.87 Å². The molecule has 0 aliphatic carbocycles. The van der Waals surface area contributed by atoms with Gasteiger partial charge in [0, 0.05) is 20.6 Å². The number of halogens is 2. The van der Waals surface area contributed by atoms with Crippen molar-refractivity contribution in [2.75, 3.05) is 18.4 Å². The highest BCUT2D eigenvalue weighted by Gasteiger charge is 2.23. The lowest BCUT2D eigenvalue weighted by atomic mass is 10.1. The summed E-state index contributed by atoms with van der Waals surface area (Å²) in [6, 6.07) is 18.3. The summed E-state index contributed by atoms with van der Waals surface area (Å²) >= 11 is 6.23. The van der Waals surface area contributed by atoms with Gasteiger partial charge in [0.2, 0.25) is 0 Å². The van der Waals surface area contributed by atoms with Crippen molar-refractivity contribution in [2.24, 2.45) is 0 Å². The Morgan fingerprint density at radius 2 is 1.60 bits per heavy atom. The van der Waals surface area contributed by atoms with Crippen LogP contribution in [0.5, 0.6) is 0 Å². The highest BCUT2D eigenvalue weighted by atomic mass is 35.5. The molecular weight excluding hydrogens is 427 g/mol. The Hall–Kier alpha value is -2.90. The second-order valence-corrected chi connectivity index (χ2v) is 9.11. The number of nitrogens with zero attached hydrogens (tertiary/aromatic N) is 2. The standard InChI is InChI=1S/C22H20ClFN2O3S/c1-25(15-16-8-10-17(24)11-9-16)22(27)20-14-18(12-13-21(20)23)26(2)30(28,29)19-6-4-3-5-7-19/h3-14H,15H2,1-2H3. The van der Waals surface area contributed by atoms with Crippen molar-refractivity contribution < 1.29 is 17.6 Å². The van der Waals surface area contributed by atoms with E-state index in [1.165, 1.54) is 48.3 Å². The van der Waals surface area contributed by atoms with Crippen LogP contribution >= 0.6 is 11.6 Å². The average Bonchev–Trinajstić information content (AvgIpc) is 2.75. The fourth-order valence-corrected chi connectivity index (χ4v) is 4.31. The van der Waals surface area contributed by atoms with E-state index in [2.05, 4.69) is 0 Å². The van der Waals surface area contributed by atoms with Crippen LogP contribution in [0.1, 0.15) is 15.9 Å². The fraction of sp³-hybridized carbons (Fsp3) is 0.136. The van der Waals surface area contributed by atoms with Gasteiger partial charge in [0.05, 0.1) is 21.2 Å². The minimum absolute atomic E-state index is 0.142. The van der Waals surface area contributed by atoms with E-state index in [4.69, 9.17) is 11.6 Å². The first-order chi connectivity index (χ1) is 14.2. The Morgan fingerprint density at radius 1 is 0.967 bits per heavy atom. The van der Waals surface area contributed by atoms with Crippen molar-refractivity contribution in [3.63, 3.8) is 0 Å². The van der Waals surface area contributed by atoms with Gasteiger partial charge in [0.25, 0.3) is 15.9 Å². The summed E-state index contributed by atoms with van der Waals surface area (Å²) < 4.78 is 39.9. The maximum atomic E-state index is 13.1. The largest absolute Gasteiger partial charge is 0.337 e. The summed E-state index contributed by atoms with van der Waals surface area (Å²) in [4.78, 5) is 14.5. The molecule has 0 aromatic heterocycles. The van der Waals surface area contributed by atoms with Gasteiger partial charge in [-0.3, -0.25) is 9.10 Å². The van der Waals surface area contributed by atoms with Crippen molar-refractivity contribution in [3.8, 4) is 0 Å². The molecule has 1 amide bonds. The Balaban J connectivity index is 1.87. The molecule has 0 aliphatic rings. The molecule has 156 valence electrons. The molecule has 0 spiro atoms. The Kier molecular flexibility index (Phi) is 6.43. The lowest BCUT2D eigenvalue weighted by molar-refractivity contribution is 0.0785. The molecule has 0 saturated heterocycles. The zero-order valence-corrected chi connectivity index (χ0v) is 18.0. The van der Waals surface area contributed by atoms with E-state index in [-0.39, 0.29) is 33.8 Å². The number of hydrogen-bond acceptors (Lipinski definition) is 3. The van der Waals surface area contributed by atoms with Crippen LogP contribution in [0.3, 0.4) is 0 Å². The van der Waals surface area contributed by atoms with Crippen LogP contribution in [0.4, 0.5) is 10.1 Å². The van der Waals surface area contributed by atoms with E-state index in [1.54, 1.807) is 43.4 Å². The minimum Gasteiger partial charge on any atom is -0.337 e. The number of anilines is 1. The molecule has 3 aromatic rings. The predicted octanol–water partition coefficient (Wildman–Crippen LogP) is 4.58. The van der Waals surface area contributed by atoms with Gasteiger partial charge < -0.3 is 4.90 Å². The zero-order valence-electron chi connectivity index (χ0n) is 16.4. The Labute approximate surface area is 180 Å². The van der Waals surface area contributed by atoms with Crippen molar-refractivity contribution >= 4 is 33.2 Å². The van der Waals surface area contributed by atoms with E-state index < -0.39 is 10.0 Å². The molecule has 0 N–H and O–H groups in total. The van der Waals surface area contributed by atoms with Gasteiger partial charge >= 0.3 is 0 Å². The summed E-state index contributed by atoms with van der Waals surface area (Å²) in [5.41, 5.74) is 1.24. The molecule has 0 bridgehead atoms. The first-order valence-corrected chi connectivity index (χ1v) is 10.9. The van der Waals surface area contributed by atoms with Crippen molar-refractivity contribution in [1.29, 1.82) is 0 Å². The van der Waals surface area contributed by atoms with E-state index in [1.807, 2.05) is 0 Å². The molecule has 30 heavy (non-hydrogen) atoms. The lowest BCUT2D eigenvalue weighted by Crippen LogP contribution is -2.28. The van der Waals surface area contributed by atoms with E-state index in [9.17, 15) is 17.6 Å². The lowest BCUT2D eigenvalue weighted by Gasteiger charge is -2.22. The minimum atomic E-state index is -3.79. The van der Waals surface area contributed by atoms with Gasteiger partial charge in [0.1, 0.15) is 5.82 Å². The SMILES string of the molecule is CN(Cc1ccc(F)cc1)C(=O)c1cc(N(C)S(=O)(=O)c2ccccc2)ccc1Cl. The summed E-state index contributed by atoms with van der Waals surface area (Å²) in [7, 11) is -0.775. The summed E-state index contributed by atoms with van der Waals surface area (Å²) in [5, 5.41) is 0.209. The van der Waals surface area contributed by atoms with Crippen LogP contribution in [0.2, 0.25) is 5.02 Å². The molecule has 0 aliphatic heterocycles. The maximum absolute atomic E-state index is 13.1. The van der Waals surface area contributed by atoms with Crippen molar-refractivity contribution in [1.82, 2.24) is 4.90 Å². The van der Waals surface area contributed by atoms with Crippen LogP contribution in [-0.4, -0.2) is 33.3 Å². The molecule has 0 fully saturated rings. The monoisotopic (exact) mass is 446 g/mol. The molecule has 8 heteroatoms. The maximum Gasteiger partial charge on any atom is 0.264 e. The normalized spacial score (nSPS) is 11.2. The summed E-state index contributed by atoms with van der Waals surface area (Å²) in [6.45, 7) is 0.248. The molecule has 0 unspecified atom stereocenters. The van der Waals surface area contributed by atoms with Gasteiger partial charge in [-0.25, -0.2) is 12.8 Å². The Bertz CT molecular complexity index is 1150. The molecular formula is C22H20ClFN2O3S. The second-order valence-electron chi connectivity index (χ2n) is 6.74. The number of sulfonamides is 1. The van der Waals surface area contributed by atoms with Crippen LogP contribution in [0.25, 0.3) is 0 Å². The molecule has 5 nitrogen and oxygen atoms in total. The number of hydrogen-bond donors (Lipinski definition) is 0. The third kappa shape index (κ3) is 4.63. The van der Waals surface area contributed by atoms with Crippen LogP contribution < -0.4 is 4.31 Å². The highest BCUT2D eigenvalue weighted by Crippen LogP contribution is 2.27. The number of amides is 1. The molecule has 0 radical (unpaired) electrons. The van der Waals surface area contributed by atoms with Gasteiger partial charge in [-0.1, -0.05) is 41.9 Å². The molecule has 0 heterocycles. The van der Waals surface area contributed by atoms with Gasteiger partial charge in [-0.15, -0.1) is 0 Å². The van der Waals surface area contributed by atoms with Crippen molar-refractivity contribution in [3.05, 3.63) is 94.8 Å². The first-order valence-electron chi connectivity index (χ1n) is 9.03. The van der Waals surface area contributed by atoms with Gasteiger partial charge in [-0.05, 0) is 48.0 Å². The van der Waals surface area contributed by atoms with Gasteiger partial charge in [0.15, 0.2) is 0 Å². The smallest absolute Gasteiger partial charge is 0.264 e. The second kappa shape index (κ2) is 8.85. The number of rotatable bonds is 6. The Morgan fingerprint density at radius 3 is 2.23 bits per heavy atom. The predicted molar refractivity (Wildman–Crippen MR) is 116 cm³/mol. The topological polar surface area (TPSA) is 57.7 Å². The quantitative estimate of drug-likeness (QED) is 0.557. The van der Waals surface area contributed by atoms with Crippen molar-refractivity contribution in [2.45, 2.75) is 11.4 Å². The summed E-state index contributed by atoms with van der Waals surface area (Å²) in [6.07, 6.45) is 0. The van der Waals surface area contributed by atoms with Crippen LogP contribution in [0, 0.1) is 5.82 Å². The zero-order chi connectivity index (χ0) is 21.9. The molecule has 0 saturated carbocycles. The van der Waals surface area contributed by atoms with Crippen LogP contribution in [-0.2, 0) is 16.6 Å². The molecule has 3 rings (SSSR count). The molecule has 3 aromatic carbocycles. The number of benzene rings is 3. The summed E-state index contributed by atoms with van der Waals surface area (Å²) in [5.74, 6) is -0.733. The first kappa shape index (κ1) is 21.8. The number of carbonyl (C=O) groups is 1. The van der Waals surface area contributed by atoms with Gasteiger partial charge in [-0.2, -0.15) is 0 Å². The fourth-order valence-electron chi connectivity index (χ4n) is 2.90.